The molecule has 18 heavy (non-hydrogen) atoms. The fraction of sp³-hybridized carbons (Fsp3) is 0.714. The van der Waals surface area contributed by atoms with E-state index in [9.17, 15) is 0 Å². The fourth-order valence-corrected chi connectivity index (χ4v) is 3.24. The maximum absolute atomic E-state index is 4.43. The van der Waals surface area contributed by atoms with E-state index in [4.69, 9.17) is 0 Å². The van der Waals surface area contributed by atoms with Crippen molar-refractivity contribution in [2.75, 3.05) is 24.5 Å². The third-order valence-corrected chi connectivity index (χ3v) is 3.99. The van der Waals surface area contributed by atoms with Crippen molar-refractivity contribution < 1.29 is 0 Å². The minimum Gasteiger partial charge on any atom is -0.355 e. The molecule has 1 saturated heterocycles. The molecule has 98 valence electrons. The summed E-state index contributed by atoms with van der Waals surface area (Å²) in [5.41, 5.74) is 2.51. The van der Waals surface area contributed by atoms with Gasteiger partial charge in [0.1, 0.15) is 0 Å². The summed E-state index contributed by atoms with van der Waals surface area (Å²) in [7, 11) is 0. The van der Waals surface area contributed by atoms with E-state index in [0.717, 1.165) is 50.3 Å². The largest absolute Gasteiger partial charge is 0.355 e. The Hall–Kier alpha value is -1.16. The van der Waals surface area contributed by atoms with Crippen molar-refractivity contribution in [2.24, 2.45) is 11.8 Å². The molecule has 4 heteroatoms. The summed E-state index contributed by atoms with van der Waals surface area (Å²) in [5.74, 6) is 2.57. The van der Waals surface area contributed by atoms with Gasteiger partial charge in [-0.2, -0.15) is 5.10 Å². The number of piperidine rings is 1. The molecule has 1 aromatic heterocycles. The van der Waals surface area contributed by atoms with Crippen molar-refractivity contribution in [3.8, 4) is 0 Å². The summed E-state index contributed by atoms with van der Waals surface area (Å²) in [4.78, 5) is 2.40. The van der Waals surface area contributed by atoms with Gasteiger partial charge in [0.25, 0.3) is 0 Å². The third-order valence-electron chi connectivity index (χ3n) is 3.99. The van der Waals surface area contributed by atoms with Crippen molar-refractivity contribution >= 4 is 5.82 Å². The minimum absolute atomic E-state index is 0.754. The summed E-state index contributed by atoms with van der Waals surface area (Å²) in [6, 6.07) is 2.24. The number of nitrogens with one attached hydrogen (secondary N) is 1. The Morgan fingerprint density at radius 1 is 1.22 bits per heavy atom. The highest BCUT2D eigenvalue weighted by Crippen LogP contribution is 2.26. The second kappa shape index (κ2) is 4.84. The van der Waals surface area contributed by atoms with Gasteiger partial charge in [-0.05, 0) is 29.9 Å². The van der Waals surface area contributed by atoms with Crippen LogP contribution in [0.2, 0.25) is 0 Å². The number of aromatic nitrogens is 2. The molecule has 0 radical (unpaired) electrons. The average Bonchev–Trinajstić information content (AvgIpc) is 2.37. The zero-order chi connectivity index (χ0) is 12.5. The lowest BCUT2D eigenvalue weighted by Gasteiger charge is -2.35. The molecule has 0 saturated carbocycles. The number of fused-ring (bicyclic) bond motifs is 1. The van der Waals surface area contributed by atoms with E-state index in [-0.39, 0.29) is 0 Å². The first-order chi connectivity index (χ1) is 8.72. The molecule has 3 heterocycles. The predicted octanol–water partition coefficient (Wildman–Crippen LogP) is 1.60. The Morgan fingerprint density at radius 2 is 2.00 bits per heavy atom. The number of nitrogens with zero attached hydrogens (tertiary/aromatic N) is 3. The molecule has 1 fully saturated rings. The van der Waals surface area contributed by atoms with Crippen molar-refractivity contribution in [1.82, 2.24) is 15.5 Å². The first-order valence-corrected chi connectivity index (χ1v) is 7.03. The van der Waals surface area contributed by atoms with Gasteiger partial charge in [0.05, 0.1) is 5.69 Å². The van der Waals surface area contributed by atoms with E-state index in [2.05, 4.69) is 40.3 Å². The molecule has 4 nitrogen and oxygen atoms in total. The van der Waals surface area contributed by atoms with Crippen LogP contribution in [0.5, 0.6) is 0 Å². The summed E-state index contributed by atoms with van der Waals surface area (Å²) >= 11 is 0. The quantitative estimate of drug-likeness (QED) is 0.817. The molecular weight excluding hydrogens is 224 g/mol. The van der Waals surface area contributed by atoms with Crippen LogP contribution in [0, 0.1) is 11.8 Å². The number of hydrogen-bond acceptors (Lipinski definition) is 4. The summed E-state index contributed by atoms with van der Waals surface area (Å²) in [5, 5.41) is 12.2. The molecule has 1 aromatic rings. The molecule has 0 aliphatic carbocycles. The van der Waals surface area contributed by atoms with Gasteiger partial charge < -0.3 is 10.2 Å². The predicted molar refractivity (Wildman–Crippen MR) is 72.6 cm³/mol. The first-order valence-electron chi connectivity index (χ1n) is 7.03. The van der Waals surface area contributed by atoms with Crippen molar-refractivity contribution in [3.63, 3.8) is 0 Å². The molecule has 0 spiro atoms. The molecule has 1 N–H and O–H groups in total. The molecule has 0 unspecified atom stereocenters. The van der Waals surface area contributed by atoms with Gasteiger partial charge in [-0.15, -0.1) is 5.10 Å². The zero-order valence-electron chi connectivity index (χ0n) is 11.3. The molecule has 3 rings (SSSR count). The summed E-state index contributed by atoms with van der Waals surface area (Å²) in [6.07, 6.45) is 2.34. The summed E-state index contributed by atoms with van der Waals surface area (Å²) in [6.45, 7) is 8.86. The lowest BCUT2D eigenvalue weighted by Crippen LogP contribution is -2.39. The monoisotopic (exact) mass is 246 g/mol. The molecule has 0 bridgehead atoms. The molecule has 2 atom stereocenters. The Kier molecular flexibility index (Phi) is 3.20. The van der Waals surface area contributed by atoms with E-state index in [1.165, 1.54) is 17.7 Å². The van der Waals surface area contributed by atoms with E-state index in [1.54, 1.807) is 0 Å². The fourth-order valence-electron chi connectivity index (χ4n) is 3.24. The smallest absolute Gasteiger partial charge is 0.151 e. The van der Waals surface area contributed by atoms with Crippen LogP contribution in [0.1, 0.15) is 31.5 Å². The maximum atomic E-state index is 4.43. The normalized spacial score (nSPS) is 28.0. The van der Waals surface area contributed by atoms with Crippen molar-refractivity contribution in [3.05, 3.63) is 17.3 Å². The molecule has 0 amide bonds. The Balaban J connectivity index is 1.83. The Morgan fingerprint density at radius 3 is 2.78 bits per heavy atom. The van der Waals surface area contributed by atoms with Crippen LogP contribution in [-0.4, -0.2) is 29.8 Å². The summed E-state index contributed by atoms with van der Waals surface area (Å²) < 4.78 is 0. The first kappa shape index (κ1) is 11.9. The average molecular weight is 246 g/mol. The van der Waals surface area contributed by atoms with Gasteiger partial charge in [0.2, 0.25) is 0 Å². The third kappa shape index (κ3) is 2.34. The van der Waals surface area contributed by atoms with Gasteiger partial charge in [0, 0.05) is 32.6 Å². The van der Waals surface area contributed by atoms with Crippen LogP contribution in [0.4, 0.5) is 5.82 Å². The van der Waals surface area contributed by atoms with Crippen molar-refractivity contribution in [2.45, 2.75) is 33.2 Å². The highest BCUT2D eigenvalue weighted by Gasteiger charge is 2.24. The Labute approximate surface area is 109 Å². The van der Waals surface area contributed by atoms with E-state index in [1.807, 2.05) is 0 Å². The van der Waals surface area contributed by atoms with Gasteiger partial charge in [0.15, 0.2) is 5.82 Å². The SMILES string of the molecule is C[C@H]1C[C@H](C)CN(c2cc3c(nn2)CCNC3)C1. The van der Waals surface area contributed by atoms with Crippen LogP contribution in [0.3, 0.4) is 0 Å². The molecular formula is C14H22N4. The standard InChI is InChI=1S/C14H22N4/c1-10-5-11(2)9-18(8-10)14-6-12-7-15-4-3-13(12)16-17-14/h6,10-11,15H,3-5,7-9H2,1-2H3/t10-,11-/m0/s1. The van der Waals surface area contributed by atoms with Crippen LogP contribution in [0.15, 0.2) is 6.07 Å². The number of hydrogen-bond donors (Lipinski definition) is 1. The number of rotatable bonds is 1. The second-order valence-corrected chi connectivity index (χ2v) is 5.95. The van der Waals surface area contributed by atoms with Crippen LogP contribution < -0.4 is 10.2 Å². The lowest BCUT2D eigenvalue weighted by atomic mass is 9.92. The second-order valence-electron chi connectivity index (χ2n) is 5.95. The van der Waals surface area contributed by atoms with Crippen molar-refractivity contribution in [1.29, 1.82) is 0 Å². The van der Waals surface area contributed by atoms with Gasteiger partial charge in [-0.25, -0.2) is 0 Å². The van der Waals surface area contributed by atoms with Crippen LogP contribution in [-0.2, 0) is 13.0 Å². The number of anilines is 1. The zero-order valence-corrected chi connectivity index (χ0v) is 11.3. The van der Waals surface area contributed by atoms with E-state index < -0.39 is 0 Å². The van der Waals surface area contributed by atoms with E-state index >= 15 is 0 Å². The lowest BCUT2D eigenvalue weighted by molar-refractivity contribution is 0.354. The minimum atomic E-state index is 0.754. The highest BCUT2D eigenvalue weighted by molar-refractivity contribution is 5.42. The Bertz CT molecular complexity index is 422. The van der Waals surface area contributed by atoms with Crippen LogP contribution in [0.25, 0.3) is 0 Å². The topological polar surface area (TPSA) is 41.1 Å². The van der Waals surface area contributed by atoms with Gasteiger partial charge >= 0.3 is 0 Å². The molecule has 2 aliphatic rings. The molecule has 0 aromatic carbocycles. The highest BCUT2D eigenvalue weighted by atomic mass is 15.3. The maximum Gasteiger partial charge on any atom is 0.151 e. The molecule has 2 aliphatic heterocycles. The van der Waals surface area contributed by atoms with Crippen LogP contribution >= 0.6 is 0 Å². The van der Waals surface area contributed by atoms with E-state index in [0.29, 0.717) is 0 Å². The van der Waals surface area contributed by atoms with Gasteiger partial charge in [-0.3, -0.25) is 0 Å². The van der Waals surface area contributed by atoms with Gasteiger partial charge in [-0.1, -0.05) is 13.8 Å².